The van der Waals surface area contributed by atoms with Gasteiger partial charge < -0.3 is 19.2 Å². The Bertz CT molecular complexity index is 632. The maximum absolute atomic E-state index is 11.7. The van der Waals surface area contributed by atoms with Crippen molar-refractivity contribution in [2.24, 2.45) is 0 Å². The SMILES string of the molecule is COC(=O)CNC(=O)Cc1coc2ccc(OC)cc12. The smallest absolute Gasteiger partial charge is 0.325 e. The lowest BCUT2D eigenvalue weighted by atomic mass is 10.1. The molecule has 0 radical (unpaired) electrons. The second-order valence-electron chi connectivity index (χ2n) is 4.15. The molecule has 0 unspecified atom stereocenters. The average molecular weight is 277 g/mol. The molecule has 0 fully saturated rings. The average Bonchev–Trinajstić information content (AvgIpc) is 2.86. The molecule has 6 nitrogen and oxygen atoms in total. The highest BCUT2D eigenvalue weighted by molar-refractivity contribution is 5.89. The third kappa shape index (κ3) is 3.09. The molecule has 1 aromatic carbocycles. The van der Waals surface area contributed by atoms with Crippen LogP contribution in [0.3, 0.4) is 0 Å². The second-order valence-corrected chi connectivity index (χ2v) is 4.15. The van der Waals surface area contributed by atoms with E-state index in [2.05, 4.69) is 10.1 Å². The maximum Gasteiger partial charge on any atom is 0.325 e. The maximum atomic E-state index is 11.7. The summed E-state index contributed by atoms with van der Waals surface area (Å²) in [5, 5.41) is 3.30. The van der Waals surface area contributed by atoms with Crippen LogP contribution < -0.4 is 10.1 Å². The van der Waals surface area contributed by atoms with Crippen molar-refractivity contribution in [1.29, 1.82) is 0 Å². The van der Waals surface area contributed by atoms with Crippen molar-refractivity contribution in [2.45, 2.75) is 6.42 Å². The highest BCUT2D eigenvalue weighted by atomic mass is 16.5. The van der Waals surface area contributed by atoms with E-state index in [1.54, 1.807) is 19.2 Å². The van der Waals surface area contributed by atoms with Gasteiger partial charge in [0.2, 0.25) is 5.91 Å². The number of nitrogens with one attached hydrogen (secondary N) is 1. The number of hydrogen-bond acceptors (Lipinski definition) is 5. The third-order valence-electron chi connectivity index (χ3n) is 2.87. The fourth-order valence-corrected chi connectivity index (χ4v) is 1.80. The number of methoxy groups -OCH3 is 2. The molecule has 1 heterocycles. The summed E-state index contributed by atoms with van der Waals surface area (Å²) in [6, 6.07) is 5.37. The van der Waals surface area contributed by atoms with E-state index in [1.165, 1.54) is 13.4 Å². The number of esters is 1. The van der Waals surface area contributed by atoms with Crippen LogP contribution in [0.25, 0.3) is 11.0 Å². The highest BCUT2D eigenvalue weighted by Crippen LogP contribution is 2.26. The summed E-state index contributed by atoms with van der Waals surface area (Å²) in [5.74, 6) is -0.0758. The van der Waals surface area contributed by atoms with Gasteiger partial charge in [-0.05, 0) is 18.2 Å². The first-order valence-corrected chi connectivity index (χ1v) is 6.01. The van der Waals surface area contributed by atoms with Crippen LogP contribution in [0, 0.1) is 0 Å². The zero-order valence-electron chi connectivity index (χ0n) is 11.3. The Kier molecular flexibility index (Phi) is 4.24. The van der Waals surface area contributed by atoms with E-state index in [0.717, 1.165) is 10.9 Å². The van der Waals surface area contributed by atoms with E-state index in [9.17, 15) is 9.59 Å². The van der Waals surface area contributed by atoms with Gasteiger partial charge in [-0.1, -0.05) is 0 Å². The topological polar surface area (TPSA) is 77.8 Å². The Morgan fingerprint density at radius 2 is 2.10 bits per heavy atom. The normalized spacial score (nSPS) is 10.3. The fraction of sp³-hybridized carbons (Fsp3) is 0.286. The first kappa shape index (κ1) is 13.9. The molecule has 0 aliphatic heterocycles. The summed E-state index contributed by atoms with van der Waals surface area (Å²) in [4.78, 5) is 22.7. The molecule has 1 N–H and O–H groups in total. The molecule has 6 heteroatoms. The van der Waals surface area contributed by atoms with Crippen molar-refractivity contribution in [3.05, 3.63) is 30.0 Å². The minimum absolute atomic E-state index is 0.122. The summed E-state index contributed by atoms with van der Waals surface area (Å²) in [6.45, 7) is -0.144. The number of benzene rings is 1. The van der Waals surface area contributed by atoms with Gasteiger partial charge in [-0.15, -0.1) is 0 Å². The quantitative estimate of drug-likeness (QED) is 0.833. The lowest BCUT2D eigenvalue weighted by Crippen LogP contribution is -2.31. The molecule has 1 amide bonds. The Morgan fingerprint density at radius 3 is 2.80 bits per heavy atom. The standard InChI is InChI=1S/C14H15NO5/c1-18-10-3-4-12-11(6-10)9(8-20-12)5-13(16)15-7-14(17)19-2/h3-4,6,8H,5,7H2,1-2H3,(H,15,16). The van der Waals surface area contributed by atoms with Crippen LogP contribution in [0.2, 0.25) is 0 Å². The lowest BCUT2D eigenvalue weighted by Gasteiger charge is -2.03. The number of carbonyl (C=O) groups excluding carboxylic acids is 2. The van der Waals surface area contributed by atoms with E-state index in [1.807, 2.05) is 6.07 Å². The van der Waals surface area contributed by atoms with Crippen molar-refractivity contribution in [3.63, 3.8) is 0 Å². The van der Waals surface area contributed by atoms with Gasteiger partial charge in [0, 0.05) is 10.9 Å². The van der Waals surface area contributed by atoms with Crippen molar-refractivity contribution in [2.75, 3.05) is 20.8 Å². The van der Waals surface area contributed by atoms with E-state index >= 15 is 0 Å². The van der Waals surface area contributed by atoms with Crippen LogP contribution in [-0.2, 0) is 20.7 Å². The van der Waals surface area contributed by atoms with Crippen LogP contribution >= 0.6 is 0 Å². The van der Waals surface area contributed by atoms with Crippen molar-refractivity contribution in [3.8, 4) is 5.75 Å². The Hall–Kier alpha value is -2.50. The Labute approximate surface area is 115 Å². The molecule has 0 aliphatic carbocycles. The van der Waals surface area contributed by atoms with Crippen LogP contribution in [0.15, 0.2) is 28.9 Å². The molecular formula is C14H15NO5. The molecular weight excluding hydrogens is 262 g/mol. The number of furan rings is 1. The number of amides is 1. The summed E-state index contributed by atoms with van der Waals surface area (Å²) in [7, 11) is 2.84. The number of carbonyl (C=O) groups is 2. The zero-order chi connectivity index (χ0) is 14.5. The van der Waals surface area contributed by atoms with E-state index in [0.29, 0.717) is 11.3 Å². The third-order valence-corrected chi connectivity index (χ3v) is 2.87. The molecule has 0 aliphatic rings. The highest BCUT2D eigenvalue weighted by Gasteiger charge is 2.12. The molecule has 106 valence electrons. The van der Waals surface area contributed by atoms with Gasteiger partial charge in [-0.3, -0.25) is 9.59 Å². The predicted molar refractivity (Wildman–Crippen MR) is 71.5 cm³/mol. The molecule has 0 atom stereocenters. The van der Waals surface area contributed by atoms with E-state index < -0.39 is 5.97 Å². The Balaban J connectivity index is 2.09. The zero-order valence-corrected chi connectivity index (χ0v) is 11.3. The van der Waals surface area contributed by atoms with E-state index in [4.69, 9.17) is 9.15 Å². The Morgan fingerprint density at radius 1 is 1.30 bits per heavy atom. The molecule has 0 bridgehead atoms. The van der Waals surface area contributed by atoms with Gasteiger partial charge >= 0.3 is 5.97 Å². The van der Waals surface area contributed by atoms with Gasteiger partial charge in [0.25, 0.3) is 0 Å². The van der Waals surface area contributed by atoms with Crippen molar-refractivity contribution in [1.82, 2.24) is 5.32 Å². The molecule has 20 heavy (non-hydrogen) atoms. The van der Waals surface area contributed by atoms with Crippen LogP contribution in [-0.4, -0.2) is 32.6 Å². The van der Waals surface area contributed by atoms with E-state index in [-0.39, 0.29) is 18.9 Å². The molecule has 0 saturated carbocycles. The minimum atomic E-state index is -0.489. The molecule has 2 rings (SSSR count). The summed E-state index contributed by atoms with van der Waals surface area (Å²) in [6.07, 6.45) is 1.65. The molecule has 2 aromatic rings. The summed E-state index contributed by atoms with van der Waals surface area (Å²) < 4.78 is 15.0. The monoisotopic (exact) mass is 277 g/mol. The molecule has 0 spiro atoms. The number of rotatable bonds is 5. The van der Waals surface area contributed by atoms with Gasteiger partial charge in [0.15, 0.2) is 0 Å². The van der Waals surface area contributed by atoms with Crippen LogP contribution in [0.4, 0.5) is 0 Å². The molecule has 0 saturated heterocycles. The van der Waals surface area contributed by atoms with Crippen LogP contribution in [0.5, 0.6) is 5.75 Å². The second kappa shape index (κ2) is 6.10. The lowest BCUT2D eigenvalue weighted by molar-refractivity contribution is -0.141. The number of hydrogen-bond donors (Lipinski definition) is 1. The number of ether oxygens (including phenoxy) is 2. The fourth-order valence-electron chi connectivity index (χ4n) is 1.80. The van der Waals surface area contributed by atoms with Crippen LogP contribution in [0.1, 0.15) is 5.56 Å². The van der Waals surface area contributed by atoms with Crippen molar-refractivity contribution >= 4 is 22.8 Å². The van der Waals surface area contributed by atoms with Crippen molar-refractivity contribution < 1.29 is 23.5 Å². The first-order valence-electron chi connectivity index (χ1n) is 6.01. The van der Waals surface area contributed by atoms with Gasteiger partial charge in [-0.2, -0.15) is 0 Å². The number of fused-ring (bicyclic) bond motifs is 1. The predicted octanol–water partition coefficient (Wildman–Crippen LogP) is 1.27. The van der Waals surface area contributed by atoms with Gasteiger partial charge in [0.05, 0.1) is 26.9 Å². The molecule has 1 aromatic heterocycles. The minimum Gasteiger partial charge on any atom is -0.497 e. The summed E-state index contributed by atoms with van der Waals surface area (Å²) >= 11 is 0. The largest absolute Gasteiger partial charge is 0.497 e. The van der Waals surface area contributed by atoms with Gasteiger partial charge in [-0.25, -0.2) is 0 Å². The summed E-state index contributed by atoms with van der Waals surface area (Å²) in [5.41, 5.74) is 1.42. The van der Waals surface area contributed by atoms with Gasteiger partial charge in [0.1, 0.15) is 17.9 Å². The first-order chi connectivity index (χ1) is 9.63.